The Bertz CT molecular complexity index is 337. The molecule has 1 aromatic rings. The molecule has 1 aliphatic rings. The van der Waals surface area contributed by atoms with Gasteiger partial charge in [-0.2, -0.15) is 0 Å². The van der Waals surface area contributed by atoms with E-state index in [-0.39, 0.29) is 0 Å². The molecule has 12 heavy (non-hydrogen) atoms. The molecule has 2 rings (SSSR count). The van der Waals surface area contributed by atoms with Crippen LogP contribution in [0.2, 0.25) is 0 Å². The zero-order valence-corrected chi connectivity index (χ0v) is 7.93. The van der Waals surface area contributed by atoms with Gasteiger partial charge in [-0.15, -0.1) is 9.24 Å². The largest absolute Gasteiger partial charge is 0.126 e. The van der Waals surface area contributed by atoms with Gasteiger partial charge >= 0.3 is 0 Å². The van der Waals surface area contributed by atoms with E-state index in [1.807, 2.05) is 0 Å². The maximum atomic E-state index is 2.84. The van der Waals surface area contributed by atoms with E-state index in [9.17, 15) is 0 Å². The summed E-state index contributed by atoms with van der Waals surface area (Å²) < 4.78 is 0. The van der Waals surface area contributed by atoms with E-state index in [0.717, 1.165) is 0 Å². The van der Waals surface area contributed by atoms with Crippen LogP contribution in [0.3, 0.4) is 0 Å². The molecule has 1 heteroatoms. The van der Waals surface area contributed by atoms with Crippen LogP contribution < -0.4 is 0 Å². The molecule has 60 valence electrons. The summed E-state index contributed by atoms with van der Waals surface area (Å²) in [6.45, 7) is 0. The first-order valence-electron chi connectivity index (χ1n) is 4.07. The number of fused-ring (bicyclic) bond motifs is 1. The van der Waals surface area contributed by atoms with Crippen LogP contribution in [0.15, 0.2) is 42.5 Å². The lowest BCUT2D eigenvalue weighted by atomic mass is 10.1. The molecule has 0 aliphatic heterocycles. The smallest absolute Gasteiger partial charge is 0.0172 e. The summed E-state index contributed by atoms with van der Waals surface area (Å²) in [6, 6.07) is 8.48. The average molecular weight is 174 g/mol. The Morgan fingerprint density at radius 1 is 1.08 bits per heavy atom. The third-order valence-electron chi connectivity index (χ3n) is 2.06. The van der Waals surface area contributed by atoms with E-state index in [0.29, 0.717) is 5.66 Å². The molecule has 0 saturated carbocycles. The van der Waals surface area contributed by atoms with Gasteiger partial charge in [0.2, 0.25) is 0 Å². The summed E-state index contributed by atoms with van der Waals surface area (Å²) in [6.07, 6.45) is 8.52. The molecule has 0 amide bonds. The van der Waals surface area contributed by atoms with Gasteiger partial charge in [-0.1, -0.05) is 48.6 Å². The maximum absolute atomic E-state index is 2.84. The van der Waals surface area contributed by atoms with Crippen molar-refractivity contribution in [3.8, 4) is 0 Å². The van der Waals surface area contributed by atoms with Crippen LogP contribution in [0, 0.1) is 0 Å². The van der Waals surface area contributed by atoms with Gasteiger partial charge in [0.25, 0.3) is 0 Å². The first-order chi connectivity index (χ1) is 5.88. The Balaban J connectivity index is 2.56. The highest BCUT2D eigenvalue weighted by molar-refractivity contribution is 7.17. The summed E-state index contributed by atoms with van der Waals surface area (Å²) in [5.41, 5.74) is 3.16. The van der Waals surface area contributed by atoms with Crippen molar-refractivity contribution in [3.05, 3.63) is 53.6 Å². The van der Waals surface area contributed by atoms with E-state index in [4.69, 9.17) is 0 Å². The topological polar surface area (TPSA) is 0 Å². The molecule has 2 unspecified atom stereocenters. The molecule has 1 aromatic carbocycles. The van der Waals surface area contributed by atoms with Crippen molar-refractivity contribution in [2.75, 3.05) is 0 Å². The SMILES string of the molecule is PC1C=CC=Cc2ccccc21. The first kappa shape index (κ1) is 7.76. The fourth-order valence-electron chi connectivity index (χ4n) is 1.41. The molecule has 0 spiro atoms. The van der Waals surface area contributed by atoms with E-state index >= 15 is 0 Å². The summed E-state index contributed by atoms with van der Waals surface area (Å²) >= 11 is 0. The third-order valence-corrected chi connectivity index (χ3v) is 2.64. The Morgan fingerprint density at radius 2 is 1.92 bits per heavy atom. The highest BCUT2D eigenvalue weighted by atomic mass is 31.0. The highest BCUT2D eigenvalue weighted by Crippen LogP contribution is 2.29. The molecular weight excluding hydrogens is 163 g/mol. The quantitative estimate of drug-likeness (QED) is 0.530. The lowest BCUT2D eigenvalue weighted by Crippen LogP contribution is -1.87. The third kappa shape index (κ3) is 1.35. The van der Waals surface area contributed by atoms with Gasteiger partial charge in [-0.05, 0) is 11.1 Å². The fourth-order valence-corrected chi connectivity index (χ4v) is 1.84. The van der Waals surface area contributed by atoms with Crippen LogP contribution in [0.4, 0.5) is 0 Å². The van der Waals surface area contributed by atoms with Crippen molar-refractivity contribution in [1.29, 1.82) is 0 Å². The molecule has 0 saturated heterocycles. The Morgan fingerprint density at radius 3 is 2.83 bits per heavy atom. The molecule has 0 heterocycles. The second-order valence-electron chi connectivity index (χ2n) is 2.90. The van der Waals surface area contributed by atoms with Gasteiger partial charge in [0.1, 0.15) is 0 Å². The normalized spacial score (nSPS) is 20.2. The second-order valence-corrected chi connectivity index (χ2v) is 3.62. The molecule has 0 nitrogen and oxygen atoms in total. The monoisotopic (exact) mass is 174 g/mol. The fraction of sp³-hybridized carbons (Fsp3) is 0.0909. The standard InChI is InChI=1S/C11H11P/c12-11-8-4-2-6-9-5-1-3-7-10(9)11/h1-8,11H,12H2. The number of hydrogen-bond donors (Lipinski definition) is 0. The second kappa shape index (κ2) is 3.25. The van der Waals surface area contributed by atoms with Gasteiger partial charge < -0.3 is 0 Å². The summed E-state index contributed by atoms with van der Waals surface area (Å²) in [7, 11) is 2.84. The zero-order valence-electron chi connectivity index (χ0n) is 6.77. The lowest BCUT2D eigenvalue weighted by molar-refractivity contribution is 1.23. The van der Waals surface area contributed by atoms with Crippen LogP contribution in [0.25, 0.3) is 6.08 Å². The first-order valence-corrected chi connectivity index (χ1v) is 4.74. The number of benzene rings is 1. The maximum Gasteiger partial charge on any atom is 0.0172 e. The molecule has 0 aromatic heterocycles. The Labute approximate surface area is 75.2 Å². The van der Waals surface area contributed by atoms with Crippen LogP contribution >= 0.6 is 9.24 Å². The predicted molar refractivity (Wildman–Crippen MR) is 57.1 cm³/mol. The summed E-state index contributed by atoms with van der Waals surface area (Å²) in [4.78, 5) is 0. The Hall–Kier alpha value is -0.870. The van der Waals surface area contributed by atoms with E-state index < -0.39 is 0 Å². The molecule has 0 N–H and O–H groups in total. The highest BCUT2D eigenvalue weighted by Gasteiger charge is 2.06. The predicted octanol–water partition coefficient (Wildman–Crippen LogP) is 3.19. The number of hydrogen-bond acceptors (Lipinski definition) is 0. The summed E-state index contributed by atoms with van der Waals surface area (Å²) in [5, 5.41) is 0. The minimum Gasteiger partial charge on any atom is -0.126 e. The molecular formula is C11H11P. The number of allylic oxidation sites excluding steroid dienone is 3. The Kier molecular flexibility index (Phi) is 2.10. The van der Waals surface area contributed by atoms with Gasteiger partial charge in [-0.25, -0.2) is 0 Å². The van der Waals surface area contributed by atoms with Crippen LogP contribution in [-0.4, -0.2) is 0 Å². The lowest BCUT2D eigenvalue weighted by Gasteiger charge is -2.08. The van der Waals surface area contributed by atoms with Crippen molar-refractivity contribution in [3.63, 3.8) is 0 Å². The van der Waals surface area contributed by atoms with E-state index in [1.165, 1.54) is 11.1 Å². The van der Waals surface area contributed by atoms with Crippen molar-refractivity contribution < 1.29 is 0 Å². The van der Waals surface area contributed by atoms with Crippen LogP contribution in [-0.2, 0) is 0 Å². The van der Waals surface area contributed by atoms with Crippen molar-refractivity contribution >= 4 is 15.3 Å². The molecule has 0 fully saturated rings. The zero-order chi connectivity index (χ0) is 8.39. The van der Waals surface area contributed by atoms with Gasteiger partial charge in [0.15, 0.2) is 0 Å². The van der Waals surface area contributed by atoms with Gasteiger partial charge in [-0.3, -0.25) is 0 Å². The molecule has 2 atom stereocenters. The molecule has 0 bridgehead atoms. The molecule has 1 aliphatic carbocycles. The van der Waals surface area contributed by atoms with Crippen LogP contribution in [0.5, 0.6) is 0 Å². The number of rotatable bonds is 0. The minimum atomic E-state index is 0.455. The van der Waals surface area contributed by atoms with Gasteiger partial charge in [0, 0.05) is 5.66 Å². The van der Waals surface area contributed by atoms with Crippen LogP contribution in [0.1, 0.15) is 16.8 Å². The average Bonchev–Trinajstić information content (AvgIpc) is 2.29. The minimum absolute atomic E-state index is 0.455. The van der Waals surface area contributed by atoms with Crippen molar-refractivity contribution in [2.24, 2.45) is 0 Å². The van der Waals surface area contributed by atoms with Gasteiger partial charge in [0.05, 0.1) is 0 Å². The van der Waals surface area contributed by atoms with E-state index in [1.54, 1.807) is 0 Å². The summed E-state index contributed by atoms with van der Waals surface area (Å²) in [5.74, 6) is 0. The van der Waals surface area contributed by atoms with Crippen molar-refractivity contribution in [2.45, 2.75) is 5.66 Å². The van der Waals surface area contributed by atoms with E-state index in [2.05, 4.69) is 57.8 Å². The van der Waals surface area contributed by atoms with Crippen molar-refractivity contribution in [1.82, 2.24) is 0 Å². The molecule has 0 radical (unpaired) electrons.